The van der Waals surface area contributed by atoms with Crippen molar-refractivity contribution in [2.75, 3.05) is 18.5 Å². The molecule has 6 heteroatoms. The molecule has 1 heterocycles. The normalized spacial score (nSPS) is 11.3. The van der Waals surface area contributed by atoms with Crippen molar-refractivity contribution in [2.24, 2.45) is 0 Å². The second-order valence-electron chi connectivity index (χ2n) is 3.32. The van der Waals surface area contributed by atoms with Gasteiger partial charge in [0, 0.05) is 17.5 Å². The molecule has 0 radical (unpaired) electrons. The zero-order valence-corrected chi connectivity index (χ0v) is 9.08. The Morgan fingerprint density at radius 1 is 1.36 bits per heavy atom. The summed E-state index contributed by atoms with van der Waals surface area (Å²) in [6, 6.07) is -0.358. The van der Waals surface area contributed by atoms with Crippen LogP contribution in [0.2, 0.25) is 0 Å². The first-order chi connectivity index (χ1) is 6.67. The lowest BCUT2D eigenvalue weighted by atomic mass is 10.2. The Morgan fingerprint density at radius 3 is 2.43 bits per heavy atom. The summed E-state index contributed by atoms with van der Waals surface area (Å²) in [6.07, 6.45) is 0. The van der Waals surface area contributed by atoms with Gasteiger partial charge >= 0.3 is 0 Å². The number of rotatable bonds is 5. The van der Waals surface area contributed by atoms with Gasteiger partial charge in [0.15, 0.2) is 0 Å². The van der Waals surface area contributed by atoms with Crippen molar-refractivity contribution in [3.8, 4) is 0 Å². The lowest BCUT2D eigenvalue weighted by Gasteiger charge is -2.10. The number of anilines is 1. The van der Waals surface area contributed by atoms with Crippen LogP contribution in [0.3, 0.4) is 0 Å². The number of aliphatic hydroxyl groups is 2. The van der Waals surface area contributed by atoms with Gasteiger partial charge in [0.05, 0.1) is 19.3 Å². The molecule has 5 nitrogen and oxygen atoms in total. The SMILES string of the molecule is CC(C)c1nsc(NC(CO)CO)n1. The van der Waals surface area contributed by atoms with Crippen LogP contribution in [-0.2, 0) is 0 Å². The zero-order valence-electron chi connectivity index (χ0n) is 8.27. The average Bonchev–Trinajstić information content (AvgIpc) is 2.62. The second-order valence-corrected chi connectivity index (χ2v) is 4.07. The summed E-state index contributed by atoms with van der Waals surface area (Å²) in [5.74, 6) is 1.08. The molecule has 0 amide bonds. The molecule has 1 aromatic rings. The van der Waals surface area contributed by atoms with E-state index < -0.39 is 0 Å². The number of aromatic nitrogens is 2. The van der Waals surface area contributed by atoms with Crippen molar-refractivity contribution in [2.45, 2.75) is 25.8 Å². The monoisotopic (exact) mass is 217 g/mol. The van der Waals surface area contributed by atoms with E-state index >= 15 is 0 Å². The number of nitrogens with zero attached hydrogens (tertiary/aromatic N) is 2. The van der Waals surface area contributed by atoms with Crippen LogP contribution in [0.15, 0.2) is 0 Å². The lowest BCUT2D eigenvalue weighted by molar-refractivity contribution is 0.204. The molecule has 0 saturated carbocycles. The van der Waals surface area contributed by atoms with Crippen LogP contribution >= 0.6 is 11.5 Å². The summed E-state index contributed by atoms with van der Waals surface area (Å²) in [5.41, 5.74) is 0. The van der Waals surface area contributed by atoms with Gasteiger partial charge < -0.3 is 15.5 Å². The molecule has 0 bridgehead atoms. The van der Waals surface area contributed by atoms with Gasteiger partial charge in [0.2, 0.25) is 5.13 Å². The van der Waals surface area contributed by atoms with Crippen LogP contribution in [-0.4, -0.2) is 38.8 Å². The molecule has 0 unspecified atom stereocenters. The van der Waals surface area contributed by atoms with Crippen molar-refractivity contribution in [3.05, 3.63) is 5.82 Å². The lowest BCUT2D eigenvalue weighted by Crippen LogP contribution is -2.27. The van der Waals surface area contributed by atoms with Gasteiger partial charge in [0.25, 0.3) is 0 Å². The van der Waals surface area contributed by atoms with Gasteiger partial charge in [-0.15, -0.1) is 0 Å². The van der Waals surface area contributed by atoms with Crippen LogP contribution in [0, 0.1) is 0 Å². The summed E-state index contributed by atoms with van der Waals surface area (Å²) >= 11 is 1.24. The highest BCUT2D eigenvalue weighted by Gasteiger charge is 2.11. The van der Waals surface area contributed by atoms with Gasteiger partial charge in [-0.3, -0.25) is 0 Å². The molecular weight excluding hydrogens is 202 g/mol. The van der Waals surface area contributed by atoms with Crippen molar-refractivity contribution >= 4 is 16.7 Å². The van der Waals surface area contributed by atoms with E-state index in [1.165, 1.54) is 11.5 Å². The molecule has 0 aliphatic rings. The molecule has 80 valence electrons. The molecule has 0 saturated heterocycles. The highest BCUT2D eigenvalue weighted by atomic mass is 32.1. The Balaban J connectivity index is 2.58. The quantitative estimate of drug-likeness (QED) is 0.666. The van der Waals surface area contributed by atoms with Gasteiger partial charge in [-0.25, -0.2) is 4.98 Å². The van der Waals surface area contributed by atoms with E-state index in [9.17, 15) is 0 Å². The highest BCUT2D eigenvalue weighted by Crippen LogP contribution is 2.17. The van der Waals surface area contributed by atoms with Gasteiger partial charge in [-0.1, -0.05) is 13.8 Å². The van der Waals surface area contributed by atoms with Crippen LogP contribution in [0.5, 0.6) is 0 Å². The van der Waals surface area contributed by atoms with Crippen molar-refractivity contribution < 1.29 is 10.2 Å². The van der Waals surface area contributed by atoms with Crippen LogP contribution in [0.4, 0.5) is 5.13 Å². The highest BCUT2D eigenvalue weighted by molar-refractivity contribution is 7.09. The van der Waals surface area contributed by atoms with E-state index in [0.717, 1.165) is 5.82 Å². The fourth-order valence-electron chi connectivity index (χ4n) is 0.852. The largest absolute Gasteiger partial charge is 0.394 e. The second kappa shape index (κ2) is 5.23. The van der Waals surface area contributed by atoms with Crippen molar-refractivity contribution in [1.82, 2.24) is 9.36 Å². The summed E-state index contributed by atoms with van der Waals surface area (Å²) < 4.78 is 4.14. The number of aliphatic hydroxyl groups excluding tert-OH is 2. The summed E-state index contributed by atoms with van der Waals surface area (Å²) in [7, 11) is 0. The molecule has 0 aliphatic heterocycles. The smallest absolute Gasteiger partial charge is 0.202 e. The first kappa shape index (κ1) is 11.4. The minimum Gasteiger partial charge on any atom is -0.394 e. The summed E-state index contributed by atoms with van der Waals surface area (Å²) in [4.78, 5) is 4.22. The first-order valence-corrected chi connectivity index (χ1v) is 5.26. The first-order valence-electron chi connectivity index (χ1n) is 4.49. The molecule has 0 spiro atoms. The van der Waals surface area contributed by atoms with Gasteiger partial charge in [-0.05, 0) is 0 Å². The van der Waals surface area contributed by atoms with E-state index in [1.54, 1.807) is 0 Å². The zero-order chi connectivity index (χ0) is 10.6. The predicted octanol–water partition coefficient (Wildman–Crippen LogP) is 0.427. The predicted molar refractivity (Wildman–Crippen MR) is 55.6 cm³/mol. The Hall–Kier alpha value is -0.720. The topological polar surface area (TPSA) is 78.3 Å². The average molecular weight is 217 g/mol. The fraction of sp³-hybridized carbons (Fsp3) is 0.750. The van der Waals surface area contributed by atoms with Crippen molar-refractivity contribution in [1.29, 1.82) is 0 Å². The standard InChI is InChI=1S/C8H15N3O2S/c1-5(2)7-10-8(14-11-7)9-6(3-12)4-13/h5-6,12-13H,3-4H2,1-2H3,(H,9,10,11). The molecule has 3 N–H and O–H groups in total. The third-order valence-electron chi connectivity index (χ3n) is 1.73. The van der Waals surface area contributed by atoms with Crippen LogP contribution in [0.1, 0.15) is 25.6 Å². The number of hydrogen-bond acceptors (Lipinski definition) is 6. The van der Waals surface area contributed by atoms with E-state index in [0.29, 0.717) is 11.0 Å². The van der Waals surface area contributed by atoms with E-state index in [2.05, 4.69) is 14.7 Å². The van der Waals surface area contributed by atoms with Gasteiger partial charge in [-0.2, -0.15) is 4.37 Å². The summed E-state index contributed by atoms with van der Waals surface area (Å²) in [5, 5.41) is 21.2. The Bertz CT molecular complexity index is 273. The maximum atomic E-state index is 8.84. The Morgan fingerprint density at radius 2 is 2.00 bits per heavy atom. The van der Waals surface area contributed by atoms with E-state index in [1.807, 2.05) is 13.8 Å². The molecule has 0 aromatic carbocycles. The van der Waals surface area contributed by atoms with E-state index in [-0.39, 0.29) is 19.3 Å². The maximum Gasteiger partial charge on any atom is 0.202 e. The van der Waals surface area contributed by atoms with Gasteiger partial charge in [0.1, 0.15) is 5.82 Å². The minimum absolute atomic E-state index is 0.118. The number of hydrogen-bond donors (Lipinski definition) is 3. The molecule has 1 aromatic heterocycles. The Kier molecular flexibility index (Phi) is 4.24. The molecule has 14 heavy (non-hydrogen) atoms. The van der Waals surface area contributed by atoms with Crippen LogP contribution in [0.25, 0.3) is 0 Å². The molecular formula is C8H15N3O2S. The van der Waals surface area contributed by atoms with E-state index in [4.69, 9.17) is 10.2 Å². The Labute approximate surface area is 87.0 Å². The molecule has 0 aliphatic carbocycles. The fourth-order valence-corrected chi connectivity index (χ4v) is 1.64. The third kappa shape index (κ3) is 2.90. The maximum absolute atomic E-state index is 8.84. The molecule has 0 atom stereocenters. The molecule has 0 fully saturated rings. The number of nitrogens with one attached hydrogen (secondary N) is 1. The van der Waals surface area contributed by atoms with Crippen LogP contribution < -0.4 is 5.32 Å². The third-order valence-corrected chi connectivity index (χ3v) is 2.39. The minimum atomic E-state index is -0.358. The van der Waals surface area contributed by atoms with Crippen molar-refractivity contribution in [3.63, 3.8) is 0 Å². The molecule has 1 rings (SSSR count). The summed E-state index contributed by atoms with van der Waals surface area (Å²) in [6.45, 7) is 3.79.